The van der Waals surface area contributed by atoms with E-state index in [-0.39, 0.29) is 24.3 Å². The van der Waals surface area contributed by atoms with Crippen molar-refractivity contribution < 1.29 is 23.1 Å². The fraction of sp³-hybridized carbons (Fsp3) is 0.273. The van der Waals surface area contributed by atoms with E-state index in [0.717, 1.165) is 0 Å². The second-order valence-corrected chi connectivity index (χ2v) is 5.42. The molecule has 0 aliphatic carbocycles. The third kappa shape index (κ3) is 5.49. The zero-order chi connectivity index (χ0) is 14.5. The highest BCUT2D eigenvalue weighted by atomic mass is 32.2. The minimum atomic E-state index is -3.78. The molecule has 1 amide bonds. The number of nitrogens with one attached hydrogen (secondary N) is 1. The number of aliphatic carboxylic acids is 1. The lowest BCUT2D eigenvalue weighted by Gasteiger charge is -2.06. The van der Waals surface area contributed by atoms with Crippen LogP contribution in [0.25, 0.3) is 0 Å². The molecule has 19 heavy (non-hydrogen) atoms. The van der Waals surface area contributed by atoms with Crippen molar-refractivity contribution in [2.24, 2.45) is 5.14 Å². The van der Waals surface area contributed by atoms with Gasteiger partial charge in [0.25, 0.3) is 0 Å². The first-order chi connectivity index (χ1) is 8.79. The normalized spacial score (nSPS) is 11.0. The molecule has 0 aromatic heterocycles. The van der Waals surface area contributed by atoms with Gasteiger partial charge in [-0.15, -0.1) is 0 Å². The lowest BCUT2D eigenvalue weighted by Crippen LogP contribution is -2.23. The smallest absolute Gasteiger partial charge is 0.303 e. The summed E-state index contributed by atoms with van der Waals surface area (Å²) in [6.45, 7) is 0.113. The second-order valence-electron chi connectivity index (χ2n) is 3.86. The Labute approximate surface area is 110 Å². The van der Waals surface area contributed by atoms with Crippen LogP contribution in [0.5, 0.6) is 0 Å². The summed E-state index contributed by atoms with van der Waals surface area (Å²) in [4.78, 5) is 21.5. The van der Waals surface area contributed by atoms with Gasteiger partial charge < -0.3 is 10.4 Å². The summed E-state index contributed by atoms with van der Waals surface area (Å²) in [5.74, 6) is -1.46. The van der Waals surface area contributed by atoms with Crippen molar-refractivity contribution >= 4 is 21.9 Å². The van der Waals surface area contributed by atoms with Gasteiger partial charge in [0.05, 0.1) is 11.3 Å². The van der Waals surface area contributed by atoms with E-state index >= 15 is 0 Å². The molecule has 4 N–H and O–H groups in total. The lowest BCUT2D eigenvalue weighted by molar-refractivity contribution is -0.138. The van der Waals surface area contributed by atoms with E-state index in [1.165, 1.54) is 18.2 Å². The van der Waals surface area contributed by atoms with E-state index in [1.54, 1.807) is 6.07 Å². The summed E-state index contributed by atoms with van der Waals surface area (Å²) in [5, 5.41) is 15.9. The van der Waals surface area contributed by atoms with Crippen LogP contribution >= 0.6 is 0 Å². The molecule has 104 valence electrons. The van der Waals surface area contributed by atoms with Crippen molar-refractivity contribution in [3.63, 3.8) is 0 Å². The van der Waals surface area contributed by atoms with Crippen LogP contribution in [0, 0.1) is 0 Å². The Morgan fingerprint density at radius 3 is 2.53 bits per heavy atom. The fourth-order valence-corrected chi connectivity index (χ4v) is 1.93. The summed E-state index contributed by atoms with van der Waals surface area (Å²) >= 11 is 0. The number of amides is 1. The molecule has 0 saturated heterocycles. The molecule has 0 aliphatic heterocycles. The number of primary sulfonamides is 1. The first-order valence-electron chi connectivity index (χ1n) is 5.39. The molecule has 7 nitrogen and oxygen atoms in total. The maximum absolute atomic E-state index is 11.3. The summed E-state index contributed by atoms with van der Waals surface area (Å²) < 4.78 is 22.3. The zero-order valence-electron chi connectivity index (χ0n) is 10.00. The molecule has 0 fully saturated rings. The largest absolute Gasteiger partial charge is 0.481 e. The first kappa shape index (κ1) is 15.1. The fourth-order valence-electron chi connectivity index (χ4n) is 1.34. The van der Waals surface area contributed by atoms with Crippen LogP contribution in [0.15, 0.2) is 29.2 Å². The Kier molecular flexibility index (Phi) is 5.02. The van der Waals surface area contributed by atoms with Crippen molar-refractivity contribution in [2.45, 2.75) is 24.3 Å². The Bertz CT molecular complexity index is 583. The van der Waals surface area contributed by atoms with E-state index in [0.29, 0.717) is 5.56 Å². The van der Waals surface area contributed by atoms with E-state index in [9.17, 15) is 18.0 Å². The van der Waals surface area contributed by atoms with Crippen molar-refractivity contribution in [3.8, 4) is 0 Å². The quantitative estimate of drug-likeness (QED) is 0.668. The molecule has 0 bridgehead atoms. The number of rotatable bonds is 6. The number of hydrogen-bond donors (Lipinski definition) is 3. The molecule has 0 atom stereocenters. The Balaban J connectivity index is 2.59. The number of hydrogen-bond acceptors (Lipinski definition) is 4. The number of carboxylic acid groups (broad SMARTS) is 1. The highest BCUT2D eigenvalue weighted by molar-refractivity contribution is 7.89. The predicted octanol–water partition coefficient (Wildman–Crippen LogP) is -0.185. The number of carbonyl (C=O) groups is 2. The van der Waals surface area contributed by atoms with Gasteiger partial charge >= 0.3 is 5.97 Å². The molecule has 0 heterocycles. The van der Waals surface area contributed by atoms with Crippen molar-refractivity contribution in [3.05, 3.63) is 29.8 Å². The van der Waals surface area contributed by atoms with Gasteiger partial charge in [-0.2, -0.15) is 0 Å². The molecular formula is C11H14N2O5S. The number of carbonyl (C=O) groups excluding carboxylic acids is 1. The van der Waals surface area contributed by atoms with Crippen LogP contribution in [-0.4, -0.2) is 25.4 Å². The monoisotopic (exact) mass is 286 g/mol. The molecule has 0 spiro atoms. The summed E-state index contributed by atoms with van der Waals surface area (Å²) in [5.41, 5.74) is 0.565. The van der Waals surface area contributed by atoms with Gasteiger partial charge in [-0.1, -0.05) is 12.1 Å². The third-order valence-electron chi connectivity index (χ3n) is 2.28. The van der Waals surface area contributed by atoms with E-state index in [4.69, 9.17) is 10.2 Å². The van der Waals surface area contributed by atoms with Crippen molar-refractivity contribution in [1.82, 2.24) is 5.32 Å². The Hall–Kier alpha value is -1.93. The zero-order valence-corrected chi connectivity index (χ0v) is 10.8. The molecule has 8 heteroatoms. The predicted molar refractivity (Wildman–Crippen MR) is 66.5 cm³/mol. The minimum Gasteiger partial charge on any atom is -0.481 e. The molecular weight excluding hydrogens is 272 g/mol. The van der Waals surface area contributed by atoms with Gasteiger partial charge in [-0.05, 0) is 17.7 Å². The third-order valence-corrected chi connectivity index (χ3v) is 3.19. The number of nitrogens with two attached hydrogens (primary N) is 1. The molecule has 0 aliphatic rings. The van der Waals surface area contributed by atoms with Crippen LogP contribution in [0.4, 0.5) is 0 Å². The first-order valence-corrected chi connectivity index (χ1v) is 6.94. The van der Waals surface area contributed by atoms with Gasteiger partial charge in [-0.25, -0.2) is 13.6 Å². The Morgan fingerprint density at radius 1 is 1.26 bits per heavy atom. The van der Waals surface area contributed by atoms with Gasteiger partial charge in [0, 0.05) is 13.0 Å². The number of sulfonamides is 1. The van der Waals surface area contributed by atoms with Crippen LogP contribution in [0.1, 0.15) is 18.4 Å². The topological polar surface area (TPSA) is 127 Å². The maximum atomic E-state index is 11.3. The second kappa shape index (κ2) is 6.30. The SMILES string of the molecule is NS(=O)(=O)c1cccc(CNC(=O)CCC(=O)O)c1. The molecule has 0 unspecified atom stereocenters. The Morgan fingerprint density at radius 2 is 1.95 bits per heavy atom. The molecule has 1 aromatic rings. The molecule has 1 rings (SSSR count). The van der Waals surface area contributed by atoms with Gasteiger partial charge in [-0.3, -0.25) is 9.59 Å². The van der Waals surface area contributed by atoms with Crippen LogP contribution < -0.4 is 10.5 Å². The average Bonchev–Trinajstić information content (AvgIpc) is 2.33. The standard InChI is InChI=1S/C11H14N2O5S/c12-19(17,18)9-3-1-2-8(6-9)7-13-10(14)4-5-11(15)16/h1-3,6H,4-5,7H2,(H,13,14)(H,15,16)(H2,12,17,18). The number of carboxylic acids is 1. The van der Waals surface area contributed by atoms with Crippen LogP contribution in [0.2, 0.25) is 0 Å². The van der Waals surface area contributed by atoms with E-state index in [2.05, 4.69) is 5.32 Å². The number of benzene rings is 1. The van der Waals surface area contributed by atoms with Crippen molar-refractivity contribution in [1.29, 1.82) is 0 Å². The van der Waals surface area contributed by atoms with E-state index in [1.807, 2.05) is 0 Å². The highest BCUT2D eigenvalue weighted by Crippen LogP contribution is 2.09. The lowest BCUT2D eigenvalue weighted by atomic mass is 10.2. The van der Waals surface area contributed by atoms with Gasteiger partial charge in [0.1, 0.15) is 0 Å². The molecule has 0 saturated carbocycles. The summed E-state index contributed by atoms with van der Waals surface area (Å²) in [6, 6.07) is 5.85. The minimum absolute atomic E-state index is 0.0372. The molecule has 0 radical (unpaired) electrons. The van der Waals surface area contributed by atoms with Crippen molar-refractivity contribution in [2.75, 3.05) is 0 Å². The maximum Gasteiger partial charge on any atom is 0.303 e. The van der Waals surface area contributed by atoms with Crippen LogP contribution in [-0.2, 0) is 26.2 Å². The average molecular weight is 286 g/mol. The molecule has 1 aromatic carbocycles. The summed E-state index contributed by atoms with van der Waals surface area (Å²) in [7, 11) is -3.78. The van der Waals surface area contributed by atoms with E-state index < -0.39 is 21.9 Å². The summed E-state index contributed by atoms with van der Waals surface area (Å²) in [6.07, 6.45) is -0.368. The highest BCUT2D eigenvalue weighted by Gasteiger charge is 2.09. The van der Waals surface area contributed by atoms with Gasteiger partial charge in [0.2, 0.25) is 15.9 Å². The van der Waals surface area contributed by atoms with Gasteiger partial charge in [0.15, 0.2) is 0 Å². The van der Waals surface area contributed by atoms with Crippen LogP contribution in [0.3, 0.4) is 0 Å².